The summed E-state index contributed by atoms with van der Waals surface area (Å²) in [6, 6.07) is 6.60. The summed E-state index contributed by atoms with van der Waals surface area (Å²) < 4.78 is 20.6. The molecule has 0 spiro atoms. The van der Waals surface area contributed by atoms with Gasteiger partial charge in [-0.3, -0.25) is 20.6 Å². The van der Waals surface area contributed by atoms with Crippen molar-refractivity contribution < 1.29 is 13.9 Å². The van der Waals surface area contributed by atoms with Gasteiger partial charge in [-0.25, -0.2) is 14.1 Å². The van der Waals surface area contributed by atoms with E-state index in [9.17, 15) is 4.79 Å². The molecular weight excluding hydrogens is 385 g/mol. The average molecular weight is 398 g/mol. The number of rotatable bonds is 4. The fourth-order valence-electron chi connectivity index (χ4n) is 2.51. The Morgan fingerprint density at radius 3 is 2.50 bits per heavy atom. The van der Waals surface area contributed by atoms with E-state index in [-0.39, 0.29) is 45.8 Å². The molecule has 0 saturated heterocycles. The van der Waals surface area contributed by atoms with E-state index in [1.807, 2.05) is 0 Å². The summed E-state index contributed by atoms with van der Waals surface area (Å²) in [6.45, 7) is 15.8. The third-order valence-electron chi connectivity index (χ3n) is 3.90. The van der Waals surface area contributed by atoms with Crippen LogP contribution in [0.4, 0.5) is 15.8 Å². The molecule has 1 aliphatic rings. The summed E-state index contributed by atoms with van der Waals surface area (Å²) in [4.78, 5) is 22.2. The maximum Gasteiger partial charge on any atom is 0.262 e. The molecule has 0 aromatic heterocycles. The van der Waals surface area contributed by atoms with Crippen molar-refractivity contribution >= 4 is 34.7 Å². The number of nitrogens with zero attached hydrogens (tertiary/aromatic N) is 3. The summed E-state index contributed by atoms with van der Waals surface area (Å²) in [5.41, 5.74) is 5.73. The SMILES string of the molecule is [C-]#[N+]c1cc([N+]#[C-])cc(Oc2c(Cl)ccc(CC3=N[C@H](C)C(=O)NN3)c2F)c1. The molecule has 2 N–H and O–H groups in total. The van der Waals surface area contributed by atoms with Gasteiger partial charge in [0, 0.05) is 6.42 Å². The van der Waals surface area contributed by atoms with Gasteiger partial charge in [0.2, 0.25) is 0 Å². The Bertz CT molecular complexity index is 1040. The molecule has 7 nitrogen and oxygen atoms in total. The fourth-order valence-corrected chi connectivity index (χ4v) is 2.69. The van der Waals surface area contributed by atoms with Crippen LogP contribution in [-0.4, -0.2) is 17.8 Å². The van der Waals surface area contributed by atoms with Gasteiger partial charge >= 0.3 is 0 Å². The number of carbonyl (C=O) groups excluding carboxylic acids is 1. The molecule has 0 fully saturated rings. The molecule has 0 saturated carbocycles. The molecule has 0 aliphatic carbocycles. The molecule has 28 heavy (non-hydrogen) atoms. The highest BCUT2D eigenvalue weighted by Gasteiger charge is 2.21. The number of nitrogens with one attached hydrogen (secondary N) is 2. The maximum atomic E-state index is 15.0. The molecule has 140 valence electrons. The Labute approximate surface area is 165 Å². The molecule has 1 heterocycles. The topological polar surface area (TPSA) is 71.4 Å². The molecule has 2 aromatic rings. The van der Waals surface area contributed by atoms with Crippen LogP contribution in [0.15, 0.2) is 35.3 Å². The smallest absolute Gasteiger partial charge is 0.262 e. The lowest BCUT2D eigenvalue weighted by Gasteiger charge is -2.20. The second-order valence-corrected chi connectivity index (χ2v) is 6.31. The Kier molecular flexibility index (Phi) is 5.44. The minimum absolute atomic E-state index is 0.0408. The number of aliphatic imine (C=N–C) groups is 1. The second kappa shape index (κ2) is 7.95. The van der Waals surface area contributed by atoms with Gasteiger partial charge in [0.25, 0.3) is 5.91 Å². The van der Waals surface area contributed by atoms with Gasteiger partial charge in [0.15, 0.2) is 22.9 Å². The van der Waals surface area contributed by atoms with E-state index >= 15 is 4.39 Å². The maximum absolute atomic E-state index is 15.0. The van der Waals surface area contributed by atoms with E-state index in [1.54, 1.807) is 6.92 Å². The van der Waals surface area contributed by atoms with Crippen molar-refractivity contribution in [2.75, 3.05) is 0 Å². The first-order valence-corrected chi connectivity index (χ1v) is 8.46. The molecule has 1 aliphatic heterocycles. The Balaban J connectivity index is 1.92. The molecule has 1 atom stereocenters. The number of amides is 1. The van der Waals surface area contributed by atoms with Crippen LogP contribution in [0.25, 0.3) is 9.69 Å². The van der Waals surface area contributed by atoms with E-state index in [0.717, 1.165) is 0 Å². The van der Waals surface area contributed by atoms with E-state index in [1.165, 1.54) is 30.3 Å². The van der Waals surface area contributed by atoms with Gasteiger partial charge in [-0.05, 0) is 30.7 Å². The minimum atomic E-state index is -0.695. The third kappa shape index (κ3) is 4.03. The lowest BCUT2D eigenvalue weighted by atomic mass is 10.1. The molecule has 2 aromatic carbocycles. The van der Waals surface area contributed by atoms with Crippen LogP contribution in [-0.2, 0) is 11.2 Å². The van der Waals surface area contributed by atoms with Crippen molar-refractivity contribution in [2.24, 2.45) is 4.99 Å². The first kappa shape index (κ1) is 19.2. The number of ether oxygens (including phenoxy) is 1. The molecule has 3 rings (SSSR count). The van der Waals surface area contributed by atoms with Crippen molar-refractivity contribution in [1.82, 2.24) is 10.9 Å². The molecule has 9 heteroatoms. The number of amidine groups is 1. The zero-order chi connectivity index (χ0) is 20.3. The quantitative estimate of drug-likeness (QED) is 0.754. The largest absolute Gasteiger partial charge is 0.455 e. The molecule has 1 amide bonds. The molecule has 0 bridgehead atoms. The first-order chi connectivity index (χ1) is 13.4. The van der Waals surface area contributed by atoms with Crippen LogP contribution in [0.5, 0.6) is 11.5 Å². The summed E-state index contributed by atoms with van der Waals surface area (Å²) in [5, 5.41) is 0.0408. The second-order valence-electron chi connectivity index (χ2n) is 5.90. The van der Waals surface area contributed by atoms with Crippen molar-refractivity contribution in [3.05, 3.63) is 69.6 Å². The Hall–Kier alpha value is -3.62. The lowest BCUT2D eigenvalue weighted by Crippen LogP contribution is -2.50. The van der Waals surface area contributed by atoms with Crippen LogP contribution in [0.1, 0.15) is 12.5 Å². The van der Waals surface area contributed by atoms with Crippen molar-refractivity contribution in [3.8, 4) is 11.5 Å². The fraction of sp³-hybridized carbons (Fsp3) is 0.158. The highest BCUT2D eigenvalue weighted by Crippen LogP contribution is 2.37. The zero-order valence-corrected chi connectivity index (χ0v) is 15.3. The third-order valence-corrected chi connectivity index (χ3v) is 4.20. The molecule has 0 radical (unpaired) electrons. The standard InChI is InChI=1S/C19H13ClFN5O2/c1-10-19(27)26-25-16(24-10)6-11-4-5-15(20)18(17(11)21)28-14-8-12(22-2)7-13(9-14)23-3/h4-5,7-10H,6H2,1H3,(H,24,25)(H,26,27)/t10-/m1/s1. The van der Waals surface area contributed by atoms with Crippen LogP contribution in [0.3, 0.4) is 0 Å². The average Bonchev–Trinajstić information content (AvgIpc) is 2.69. The van der Waals surface area contributed by atoms with E-state index in [0.29, 0.717) is 5.84 Å². The van der Waals surface area contributed by atoms with Crippen LogP contribution in [0.2, 0.25) is 5.02 Å². The van der Waals surface area contributed by atoms with Gasteiger partial charge < -0.3 is 4.74 Å². The van der Waals surface area contributed by atoms with Crippen LogP contribution < -0.4 is 15.6 Å². The van der Waals surface area contributed by atoms with Crippen LogP contribution >= 0.6 is 11.6 Å². The predicted molar refractivity (Wildman–Crippen MR) is 102 cm³/mol. The first-order valence-electron chi connectivity index (χ1n) is 8.08. The van der Waals surface area contributed by atoms with Crippen molar-refractivity contribution in [1.29, 1.82) is 0 Å². The number of benzene rings is 2. The highest BCUT2D eigenvalue weighted by atomic mass is 35.5. The number of halogens is 2. The lowest BCUT2D eigenvalue weighted by molar-refractivity contribution is -0.122. The number of hydrazine groups is 1. The highest BCUT2D eigenvalue weighted by molar-refractivity contribution is 6.32. The molecule has 0 unspecified atom stereocenters. The summed E-state index contributed by atoms with van der Waals surface area (Å²) in [6.07, 6.45) is 0.0827. The van der Waals surface area contributed by atoms with Crippen LogP contribution in [0, 0.1) is 19.0 Å². The normalized spacial score (nSPS) is 15.5. The van der Waals surface area contributed by atoms with E-state index < -0.39 is 11.9 Å². The number of hydrogen-bond acceptors (Lipinski definition) is 4. The summed E-state index contributed by atoms with van der Waals surface area (Å²) >= 11 is 6.09. The van der Waals surface area contributed by atoms with Gasteiger partial charge in [0.05, 0.1) is 18.2 Å². The number of carbonyl (C=O) groups is 1. The Morgan fingerprint density at radius 1 is 1.21 bits per heavy atom. The number of hydrogen-bond donors (Lipinski definition) is 2. The summed E-state index contributed by atoms with van der Waals surface area (Å²) in [5.74, 6) is -0.666. The monoisotopic (exact) mass is 397 g/mol. The Morgan fingerprint density at radius 2 is 1.89 bits per heavy atom. The van der Waals surface area contributed by atoms with Gasteiger partial charge in [-0.15, -0.1) is 0 Å². The summed E-state index contributed by atoms with van der Waals surface area (Å²) in [7, 11) is 0. The predicted octanol–water partition coefficient (Wildman–Crippen LogP) is 4.34. The van der Waals surface area contributed by atoms with E-state index in [4.69, 9.17) is 29.5 Å². The molecular formula is C19H13ClFN5O2. The zero-order valence-electron chi connectivity index (χ0n) is 14.6. The van der Waals surface area contributed by atoms with Gasteiger partial charge in [-0.2, -0.15) is 0 Å². The van der Waals surface area contributed by atoms with Gasteiger partial charge in [0.1, 0.15) is 17.6 Å². The minimum Gasteiger partial charge on any atom is -0.455 e. The van der Waals surface area contributed by atoms with Crippen molar-refractivity contribution in [2.45, 2.75) is 19.4 Å². The van der Waals surface area contributed by atoms with Gasteiger partial charge in [-0.1, -0.05) is 23.7 Å². The van der Waals surface area contributed by atoms with E-state index in [2.05, 4.69) is 25.5 Å². The van der Waals surface area contributed by atoms with Crippen molar-refractivity contribution in [3.63, 3.8) is 0 Å².